The first-order valence-corrected chi connectivity index (χ1v) is 13.5. The average Bonchev–Trinajstić information content (AvgIpc) is 3.13. The number of amides is 3. The van der Waals surface area contributed by atoms with Crippen LogP contribution in [0.5, 0.6) is 5.75 Å². The molecule has 0 saturated carbocycles. The molecule has 1 atom stereocenters. The molecule has 3 aromatic carbocycles. The maximum Gasteiger partial charge on any atom is 0.269 e. The van der Waals surface area contributed by atoms with Gasteiger partial charge in [0.25, 0.3) is 15.9 Å². The zero-order valence-electron chi connectivity index (χ0n) is 21.2. The number of sulfonamides is 1. The van der Waals surface area contributed by atoms with E-state index in [4.69, 9.17) is 4.74 Å². The van der Waals surface area contributed by atoms with Gasteiger partial charge in [-0.05, 0) is 35.4 Å². The van der Waals surface area contributed by atoms with Crippen LogP contribution in [0.1, 0.15) is 27.9 Å². The molecule has 0 aliphatic carbocycles. The van der Waals surface area contributed by atoms with E-state index in [1.54, 1.807) is 30.3 Å². The highest BCUT2D eigenvalue weighted by Crippen LogP contribution is 2.30. The minimum atomic E-state index is -4.06. The Morgan fingerprint density at radius 3 is 2.34 bits per heavy atom. The summed E-state index contributed by atoms with van der Waals surface area (Å²) in [6.07, 6.45) is -0.0339. The number of likely N-dealkylation sites (N-methyl/N-ethyl adjacent to an activating group) is 1. The van der Waals surface area contributed by atoms with E-state index in [0.29, 0.717) is 5.75 Å². The van der Waals surface area contributed by atoms with Crippen molar-refractivity contribution >= 4 is 27.7 Å². The van der Waals surface area contributed by atoms with Gasteiger partial charge in [0.1, 0.15) is 16.7 Å². The number of carbonyl (C=O) groups excluding carboxylic acids is 3. The van der Waals surface area contributed by atoms with Gasteiger partial charge in [-0.25, -0.2) is 12.7 Å². The van der Waals surface area contributed by atoms with E-state index >= 15 is 0 Å². The number of rotatable bonds is 10. The summed E-state index contributed by atoms with van der Waals surface area (Å²) in [5.41, 5.74) is 1.68. The number of fused-ring (bicyclic) bond motifs is 1. The second kappa shape index (κ2) is 11.5. The lowest BCUT2D eigenvalue weighted by Crippen LogP contribution is -2.50. The van der Waals surface area contributed by atoms with E-state index < -0.39 is 27.9 Å². The molecule has 4 rings (SSSR count). The van der Waals surface area contributed by atoms with Gasteiger partial charge in [0.2, 0.25) is 11.8 Å². The van der Waals surface area contributed by atoms with Crippen LogP contribution in [0.2, 0.25) is 0 Å². The maximum atomic E-state index is 13.7. The molecule has 0 spiro atoms. The molecular weight excluding hydrogens is 506 g/mol. The van der Waals surface area contributed by atoms with Crippen molar-refractivity contribution in [1.29, 1.82) is 0 Å². The van der Waals surface area contributed by atoms with Gasteiger partial charge < -0.3 is 15.0 Å². The van der Waals surface area contributed by atoms with Gasteiger partial charge >= 0.3 is 0 Å². The standard InChI is InChI=1S/C28H29N3O6S/c1-29-27(33)24(18-20-9-4-3-5-10-20)30(19-21-11-8-12-22(17-21)37-2)26(32)15-16-31-28(34)23-13-6-7-14-25(23)38(31,35)36/h3-14,17,24H,15-16,18-19H2,1-2H3,(H,29,33). The Hall–Kier alpha value is -4.18. The molecule has 1 aliphatic rings. The van der Waals surface area contributed by atoms with Gasteiger partial charge in [0.15, 0.2) is 0 Å². The summed E-state index contributed by atoms with van der Waals surface area (Å²) >= 11 is 0. The number of nitrogens with one attached hydrogen (secondary N) is 1. The molecule has 1 heterocycles. The highest BCUT2D eigenvalue weighted by Gasteiger charge is 2.41. The summed E-state index contributed by atoms with van der Waals surface area (Å²) in [6.45, 7) is -0.253. The molecule has 1 unspecified atom stereocenters. The number of nitrogens with zero attached hydrogens (tertiary/aromatic N) is 2. The van der Waals surface area contributed by atoms with Gasteiger partial charge in [-0.3, -0.25) is 14.4 Å². The number of ether oxygens (including phenoxy) is 1. The molecule has 10 heteroatoms. The summed E-state index contributed by atoms with van der Waals surface area (Å²) in [4.78, 5) is 40.9. The van der Waals surface area contributed by atoms with Crippen molar-refractivity contribution < 1.29 is 27.5 Å². The fourth-order valence-corrected chi connectivity index (χ4v) is 6.05. The minimum Gasteiger partial charge on any atom is -0.497 e. The second-order valence-electron chi connectivity index (χ2n) is 8.82. The predicted octanol–water partition coefficient (Wildman–Crippen LogP) is 2.62. The fourth-order valence-electron chi connectivity index (χ4n) is 4.48. The molecule has 1 aliphatic heterocycles. The molecule has 0 radical (unpaired) electrons. The quantitative estimate of drug-likeness (QED) is 0.427. The van der Waals surface area contributed by atoms with Crippen LogP contribution in [0.3, 0.4) is 0 Å². The second-order valence-corrected chi connectivity index (χ2v) is 10.7. The highest BCUT2D eigenvalue weighted by molar-refractivity contribution is 7.90. The number of benzene rings is 3. The van der Waals surface area contributed by atoms with Gasteiger partial charge in [0, 0.05) is 33.0 Å². The summed E-state index contributed by atoms with van der Waals surface area (Å²) in [7, 11) is -1.02. The van der Waals surface area contributed by atoms with Gasteiger partial charge in [-0.1, -0.05) is 54.6 Å². The topological polar surface area (TPSA) is 113 Å². The predicted molar refractivity (Wildman–Crippen MR) is 141 cm³/mol. The van der Waals surface area contributed by atoms with Crippen molar-refractivity contribution in [3.05, 3.63) is 95.6 Å². The zero-order valence-corrected chi connectivity index (χ0v) is 22.0. The average molecular weight is 536 g/mol. The molecule has 0 bridgehead atoms. The molecular formula is C28H29N3O6S. The van der Waals surface area contributed by atoms with E-state index in [9.17, 15) is 22.8 Å². The van der Waals surface area contributed by atoms with Crippen LogP contribution in [0, 0.1) is 0 Å². The summed E-state index contributed by atoms with van der Waals surface area (Å²) < 4.78 is 32.0. The third-order valence-corrected chi connectivity index (χ3v) is 8.29. The Bertz CT molecular complexity index is 1440. The Balaban J connectivity index is 1.62. The monoisotopic (exact) mass is 535 g/mol. The van der Waals surface area contributed by atoms with Crippen LogP contribution in [-0.4, -0.2) is 62.1 Å². The molecule has 0 aromatic heterocycles. The van der Waals surface area contributed by atoms with Crippen LogP contribution < -0.4 is 10.1 Å². The van der Waals surface area contributed by atoms with E-state index in [1.165, 1.54) is 31.2 Å². The summed E-state index contributed by atoms with van der Waals surface area (Å²) in [5.74, 6) is -0.889. The van der Waals surface area contributed by atoms with E-state index in [1.807, 2.05) is 36.4 Å². The number of carbonyl (C=O) groups is 3. The third kappa shape index (κ3) is 5.55. The largest absolute Gasteiger partial charge is 0.497 e. The Morgan fingerprint density at radius 2 is 1.66 bits per heavy atom. The van der Waals surface area contributed by atoms with Crippen LogP contribution in [-0.2, 0) is 32.6 Å². The molecule has 0 fully saturated rings. The van der Waals surface area contributed by atoms with Gasteiger partial charge in [-0.15, -0.1) is 0 Å². The Kier molecular flexibility index (Phi) is 8.11. The SMILES string of the molecule is CNC(=O)C(Cc1ccccc1)N(Cc1cccc(OC)c1)C(=O)CCN1C(=O)c2ccccc2S1(=O)=O. The molecule has 3 amide bonds. The van der Waals surface area contributed by atoms with Crippen LogP contribution >= 0.6 is 0 Å². The first-order valence-electron chi connectivity index (χ1n) is 12.1. The maximum absolute atomic E-state index is 13.7. The Labute approximate surface area is 222 Å². The van der Waals surface area contributed by atoms with Crippen molar-refractivity contribution in [1.82, 2.24) is 14.5 Å². The van der Waals surface area contributed by atoms with Crippen molar-refractivity contribution in [3.63, 3.8) is 0 Å². The first kappa shape index (κ1) is 26.9. The lowest BCUT2D eigenvalue weighted by molar-refractivity contribution is -0.141. The van der Waals surface area contributed by atoms with Crippen molar-refractivity contribution in [2.75, 3.05) is 20.7 Å². The van der Waals surface area contributed by atoms with Crippen molar-refractivity contribution in [3.8, 4) is 5.75 Å². The van der Waals surface area contributed by atoms with Gasteiger partial charge in [-0.2, -0.15) is 0 Å². The lowest BCUT2D eigenvalue weighted by atomic mass is 10.0. The lowest BCUT2D eigenvalue weighted by Gasteiger charge is -2.31. The van der Waals surface area contributed by atoms with Crippen molar-refractivity contribution in [2.24, 2.45) is 0 Å². The highest BCUT2D eigenvalue weighted by atomic mass is 32.2. The third-order valence-electron chi connectivity index (χ3n) is 6.45. The molecule has 198 valence electrons. The minimum absolute atomic E-state index is 0.0713. The summed E-state index contributed by atoms with van der Waals surface area (Å²) in [5, 5.41) is 2.64. The first-order chi connectivity index (χ1) is 18.3. The smallest absolute Gasteiger partial charge is 0.269 e. The van der Waals surface area contributed by atoms with Gasteiger partial charge in [0.05, 0.1) is 12.7 Å². The van der Waals surface area contributed by atoms with Crippen LogP contribution in [0.25, 0.3) is 0 Å². The van der Waals surface area contributed by atoms with Crippen LogP contribution in [0.15, 0.2) is 83.8 Å². The molecule has 9 nitrogen and oxygen atoms in total. The number of methoxy groups -OCH3 is 1. The molecule has 0 saturated heterocycles. The number of hydrogen-bond donors (Lipinski definition) is 1. The molecule has 1 N–H and O–H groups in total. The molecule has 3 aromatic rings. The van der Waals surface area contributed by atoms with E-state index in [0.717, 1.165) is 15.4 Å². The Morgan fingerprint density at radius 1 is 0.974 bits per heavy atom. The van der Waals surface area contributed by atoms with Crippen LogP contribution in [0.4, 0.5) is 0 Å². The van der Waals surface area contributed by atoms with E-state index in [2.05, 4.69) is 5.32 Å². The van der Waals surface area contributed by atoms with E-state index in [-0.39, 0.29) is 42.3 Å². The summed E-state index contributed by atoms with van der Waals surface area (Å²) in [6, 6.07) is 21.6. The zero-order chi connectivity index (χ0) is 27.3. The van der Waals surface area contributed by atoms with Crippen molar-refractivity contribution in [2.45, 2.75) is 30.3 Å². The molecule has 38 heavy (non-hydrogen) atoms. The number of hydrogen-bond acceptors (Lipinski definition) is 6. The normalized spacial score (nSPS) is 14.5. The fraction of sp³-hybridized carbons (Fsp3) is 0.250.